The second-order valence-corrected chi connectivity index (χ2v) is 11.2. The number of rotatable bonds is 12. The van der Waals surface area contributed by atoms with Crippen LogP contribution in [0.2, 0.25) is 0 Å². The average Bonchev–Trinajstić information content (AvgIpc) is 3.42. The van der Waals surface area contributed by atoms with Crippen molar-refractivity contribution in [1.82, 2.24) is 14.9 Å². The SMILES string of the molecule is CC(=O)NCCCCCC(=O)Nc1cccc(C2OC(Cn3cnc4ccccc43)C(C)C(c3ccc(CO)cc3)O2)c1. The van der Waals surface area contributed by atoms with Crippen LogP contribution in [0.5, 0.6) is 0 Å². The van der Waals surface area contributed by atoms with Crippen LogP contribution in [0.3, 0.4) is 0 Å². The van der Waals surface area contributed by atoms with Crippen LogP contribution in [0.1, 0.15) is 68.6 Å². The molecule has 4 atom stereocenters. The van der Waals surface area contributed by atoms with Gasteiger partial charge in [-0.1, -0.05) is 61.9 Å². The number of carbonyl (C=O) groups excluding carboxylic acids is 2. The first-order valence-electron chi connectivity index (χ1n) is 15.0. The molecule has 0 saturated carbocycles. The zero-order chi connectivity index (χ0) is 30.2. The lowest BCUT2D eigenvalue weighted by molar-refractivity contribution is -0.276. The molecular weight excluding hydrogens is 544 g/mol. The molecular formula is C34H40N4O5. The number of unbranched alkanes of at least 4 members (excludes halogenated alkanes) is 2. The molecule has 1 aliphatic heterocycles. The number of aliphatic hydroxyl groups excluding tert-OH is 1. The minimum absolute atomic E-state index is 0.0149. The minimum Gasteiger partial charge on any atom is -0.392 e. The van der Waals surface area contributed by atoms with Gasteiger partial charge in [0.25, 0.3) is 0 Å². The number of hydrogen-bond donors (Lipinski definition) is 3. The van der Waals surface area contributed by atoms with Crippen LogP contribution in [0.15, 0.2) is 79.1 Å². The molecule has 5 rings (SSSR count). The van der Waals surface area contributed by atoms with E-state index >= 15 is 0 Å². The summed E-state index contributed by atoms with van der Waals surface area (Å²) in [5.74, 6) is -0.0705. The molecule has 0 aliphatic carbocycles. The average molecular weight is 585 g/mol. The number of para-hydroxylation sites is 2. The molecule has 43 heavy (non-hydrogen) atoms. The minimum atomic E-state index is -0.649. The summed E-state index contributed by atoms with van der Waals surface area (Å²) in [6.07, 6.45) is 3.64. The van der Waals surface area contributed by atoms with Crippen LogP contribution in [-0.2, 0) is 32.2 Å². The fourth-order valence-electron chi connectivity index (χ4n) is 5.52. The number of nitrogens with one attached hydrogen (secondary N) is 2. The zero-order valence-corrected chi connectivity index (χ0v) is 24.7. The Morgan fingerprint density at radius 3 is 2.56 bits per heavy atom. The lowest BCUT2D eigenvalue weighted by Crippen LogP contribution is -2.39. The monoisotopic (exact) mass is 584 g/mol. The summed E-state index contributed by atoms with van der Waals surface area (Å²) in [4.78, 5) is 28.2. The molecule has 1 fully saturated rings. The van der Waals surface area contributed by atoms with Crippen molar-refractivity contribution in [3.8, 4) is 0 Å². The number of anilines is 1. The Morgan fingerprint density at radius 2 is 1.77 bits per heavy atom. The maximum Gasteiger partial charge on any atom is 0.224 e. The summed E-state index contributed by atoms with van der Waals surface area (Å²) >= 11 is 0. The van der Waals surface area contributed by atoms with E-state index in [-0.39, 0.29) is 36.5 Å². The highest BCUT2D eigenvalue weighted by atomic mass is 16.7. The van der Waals surface area contributed by atoms with Crippen LogP contribution in [0.4, 0.5) is 5.69 Å². The molecule has 1 aromatic heterocycles. The standard InChI is InChI=1S/C34H40N4O5/c1-23-31(20-38-22-36-29-11-5-6-12-30(29)38)42-34(43-33(23)26-16-14-25(21-39)15-17-26)27-9-8-10-28(19-27)37-32(41)13-4-3-7-18-35-24(2)40/h5-6,8-12,14-17,19,22-23,31,33-34,39H,3-4,7,13,18,20-21H2,1-2H3,(H,35,40)(H,37,41). The molecule has 1 aliphatic rings. The molecule has 0 spiro atoms. The van der Waals surface area contributed by atoms with Crippen molar-refractivity contribution >= 4 is 28.5 Å². The first-order chi connectivity index (χ1) is 20.9. The maximum atomic E-state index is 12.6. The van der Waals surface area contributed by atoms with Gasteiger partial charge in [0.05, 0.1) is 42.7 Å². The largest absolute Gasteiger partial charge is 0.392 e. The fraction of sp³-hybridized carbons (Fsp3) is 0.382. The lowest BCUT2D eigenvalue weighted by atomic mass is 9.90. The number of carbonyl (C=O) groups is 2. The second kappa shape index (κ2) is 14.4. The summed E-state index contributed by atoms with van der Waals surface area (Å²) in [5.41, 5.74) is 5.35. The summed E-state index contributed by atoms with van der Waals surface area (Å²) in [7, 11) is 0. The third-order valence-electron chi connectivity index (χ3n) is 7.92. The number of amides is 2. The first-order valence-corrected chi connectivity index (χ1v) is 15.0. The van der Waals surface area contributed by atoms with Crippen LogP contribution in [0.25, 0.3) is 11.0 Å². The van der Waals surface area contributed by atoms with E-state index in [1.54, 1.807) is 0 Å². The van der Waals surface area contributed by atoms with E-state index in [2.05, 4.69) is 33.2 Å². The van der Waals surface area contributed by atoms with Gasteiger partial charge in [-0.15, -0.1) is 0 Å². The van der Waals surface area contributed by atoms with E-state index < -0.39 is 6.29 Å². The molecule has 4 unspecified atom stereocenters. The van der Waals surface area contributed by atoms with Gasteiger partial charge in [-0.05, 0) is 48.2 Å². The molecule has 2 amide bonds. The van der Waals surface area contributed by atoms with Crippen LogP contribution in [0, 0.1) is 5.92 Å². The van der Waals surface area contributed by atoms with E-state index in [0.717, 1.165) is 47.0 Å². The summed E-state index contributed by atoms with van der Waals surface area (Å²) in [5, 5.41) is 15.3. The second-order valence-electron chi connectivity index (χ2n) is 11.2. The molecule has 9 nitrogen and oxygen atoms in total. The van der Waals surface area contributed by atoms with Crippen molar-refractivity contribution < 1.29 is 24.2 Å². The van der Waals surface area contributed by atoms with Gasteiger partial charge in [-0.3, -0.25) is 9.59 Å². The Morgan fingerprint density at radius 1 is 0.953 bits per heavy atom. The van der Waals surface area contributed by atoms with Gasteiger partial charge in [0.15, 0.2) is 6.29 Å². The van der Waals surface area contributed by atoms with Gasteiger partial charge in [0, 0.05) is 37.1 Å². The van der Waals surface area contributed by atoms with Crippen LogP contribution < -0.4 is 10.6 Å². The number of ether oxygens (including phenoxy) is 2. The predicted molar refractivity (Wildman–Crippen MR) is 165 cm³/mol. The zero-order valence-electron chi connectivity index (χ0n) is 24.7. The van der Waals surface area contributed by atoms with Crippen molar-refractivity contribution in [2.75, 3.05) is 11.9 Å². The van der Waals surface area contributed by atoms with Crippen LogP contribution >= 0.6 is 0 Å². The van der Waals surface area contributed by atoms with Gasteiger partial charge in [-0.25, -0.2) is 4.98 Å². The van der Waals surface area contributed by atoms with Crippen LogP contribution in [-0.4, -0.2) is 39.1 Å². The highest BCUT2D eigenvalue weighted by Crippen LogP contribution is 2.42. The first kappa shape index (κ1) is 30.4. The summed E-state index contributed by atoms with van der Waals surface area (Å²) < 4.78 is 15.4. The number of aromatic nitrogens is 2. The molecule has 1 saturated heterocycles. The van der Waals surface area contributed by atoms with Crippen molar-refractivity contribution in [3.05, 3.63) is 95.8 Å². The van der Waals surface area contributed by atoms with Gasteiger partial charge < -0.3 is 29.8 Å². The molecule has 0 radical (unpaired) electrons. The van der Waals surface area contributed by atoms with Gasteiger partial charge in [0.2, 0.25) is 11.8 Å². The number of fused-ring (bicyclic) bond motifs is 1. The molecule has 4 aromatic rings. The quantitative estimate of drug-likeness (QED) is 0.185. The smallest absolute Gasteiger partial charge is 0.224 e. The summed E-state index contributed by atoms with van der Waals surface area (Å²) in [6, 6.07) is 23.5. The number of aliphatic hydroxyl groups is 1. The van der Waals surface area contributed by atoms with Crippen molar-refractivity contribution in [2.24, 2.45) is 5.92 Å². The fourth-order valence-corrected chi connectivity index (χ4v) is 5.52. The Kier molecular flexibility index (Phi) is 10.2. The van der Waals surface area contributed by atoms with Crippen molar-refractivity contribution in [3.63, 3.8) is 0 Å². The highest BCUT2D eigenvalue weighted by Gasteiger charge is 2.38. The van der Waals surface area contributed by atoms with E-state index in [1.807, 2.05) is 73.1 Å². The molecule has 9 heteroatoms. The normalized spacial score (nSPS) is 20.2. The molecule has 3 aromatic carbocycles. The third-order valence-corrected chi connectivity index (χ3v) is 7.92. The molecule has 3 N–H and O–H groups in total. The van der Waals surface area contributed by atoms with Gasteiger partial charge in [-0.2, -0.15) is 0 Å². The lowest BCUT2D eigenvalue weighted by Gasteiger charge is -2.41. The van der Waals surface area contributed by atoms with Gasteiger partial charge >= 0.3 is 0 Å². The molecule has 0 bridgehead atoms. The Balaban J connectivity index is 1.31. The number of nitrogens with zero attached hydrogens (tertiary/aromatic N) is 2. The number of imidazole rings is 1. The molecule has 226 valence electrons. The highest BCUT2D eigenvalue weighted by molar-refractivity contribution is 5.90. The van der Waals surface area contributed by atoms with E-state index in [1.165, 1.54) is 6.92 Å². The molecule has 2 heterocycles. The van der Waals surface area contributed by atoms with E-state index in [4.69, 9.17) is 9.47 Å². The predicted octanol–water partition coefficient (Wildman–Crippen LogP) is 5.66. The van der Waals surface area contributed by atoms with Gasteiger partial charge in [0.1, 0.15) is 0 Å². The Hall–Kier alpha value is -4.05. The number of hydrogen-bond acceptors (Lipinski definition) is 6. The third kappa shape index (κ3) is 7.87. The maximum absolute atomic E-state index is 12.6. The van der Waals surface area contributed by atoms with Crippen molar-refractivity contribution in [2.45, 2.75) is 71.2 Å². The van der Waals surface area contributed by atoms with E-state index in [0.29, 0.717) is 25.2 Å². The van der Waals surface area contributed by atoms with Crippen molar-refractivity contribution in [1.29, 1.82) is 0 Å². The Labute approximate surface area is 252 Å². The summed E-state index contributed by atoms with van der Waals surface area (Å²) in [6.45, 7) is 4.86. The topological polar surface area (TPSA) is 115 Å². The van der Waals surface area contributed by atoms with E-state index in [9.17, 15) is 14.7 Å². The Bertz CT molecular complexity index is 1520. The number of benzene rings is 3.